The monoisotopic (exact) mass is 366 g/mol. The molecule has 2 aliphatic carbocycles. The fraction of sp³-hybridized carbons (Fsp3) is 0.579. The van der Waals surface area contributed by atoms with Crippen molar-refractivity contribution in [3.8, 4) is 0 Å². The first-order chi connectivity index (χ1) is 11.4. The zero-order valence-electron chi connectivity index (χ0n) is 15.5. The van der Waals surface area contributed by atoms with Crippen molar-refractivity contribution in [1.82, 2.24) is 0 Å². The van der Waals surface area contributed by atoms with Crippen LogP contribution in [-0.2, 0) is 24.2 Å². The number of ether oxygens (including phenoxy) is 1. The van der Waals surface area contributed by atoms with Crippen molar-refractivity contribution in [1.29, 1.82) is 0 Å². The zero-order chi connectivity index (χ0) is 19.0. The van der Waals surface area contributed by atoms with E-state index in [4.69, 9.17) is 4.74 Å². The van der Waals surface area contributed by atoms with E-state index < -0.39 is 15.8 Å². The normalized spacial score (nSPS) is 30.0. The molecule has 138 valence electrons. The third-order valence-electron chi connectivity index (χ3n) is 5.46. The molecule has 0 unspecified atom stereocenters. The average molecular weight is 366 g/mol. The van der Waals surface area contributed by atoms with Gasteiger partial charge < -0.3 is 4.74 Å². The quantitative estimate of drug-likeness (QED) is 0.566. The van der Waals surface area contributed by atoms with Crippen LogP contribution in [0.5, 0.6) is 0 Å². The minimum absolute atomic E-state index is 0.0329. The second-order valence-corrected chi connectivity index (χ2v) is 9.47. The molecule has 0 aromatic rings. The molecule has 6 heteroatoms. The third kappa shape index (κ3) is 4.29. The van der Waals surface area contributed by atoms with E-state index in [0.717, 1.165) is 34.5 Å². The lowest BCUT2D eigenvalue weighted by molar-refractivity contribution is -0.149. The second kappa shape index (κ2) is 6.90. The SMILES string of the molecule is CC(C)=C1C[C@@]2(C)C(=CC1=O)CC[C@@H](OC(=O)/C=C\S(C)(=O)=O)[C@@H]2C. The molecule has 25 heavy (non-hydrogen) atoms. The van der Waals surface area contributed by atoms with Gasteiger partial charge in [0.15, 0.2) is 15.6 Å². The van der Waals surface area contributed by atoms with Gasteiger partial charge in [0.05, 0.1) is 0 Å². The van der Waals surface area contributed by atoms with Gasteiger partial charge in [0.2, 0.25) is 0 Å². The van der Waals surface area contributed by atoms with Crippen molar-refractivity contribution >= 4 is 21.6 Å². The average Bonchev–Trinajstić information content (AvgIpc) is 2.49. The predicted molar refractivity (Wildman–Crippen MR) is 96.4 cm³/mol. The lowest BCUT2D eigenvalue weighted by atomic mass is 9.58. The van der Waals surface area contributed by atoms with Crippen LogP contribution in [0.25, 0.3) is 0 Å². The Morgan fingerprint density at radius 3 is 2.56 bits per heavy atom. The van der Waals surface area contributed by atoms with Crippen LogP contribution in [0.15, 0.2) is 34.3 Å². The van der Waals surface area contributed by atoms with Gasteiger partial charge in [0.25, 0.3) is 0 Å². The highest BCUT2D eigenvalue weighted by Gasteiger charge is 2.47. The van der Waals surface area contributed by atoms with Crippen LogP contribution in [0.3, 0.4) is 0 Å². The standard InChI is InChI=1S/C19H26O5S/c1-12(2)15-11-19(4)13(3)17(7-6-14(19)10-16(15)20)24-18(21)8-9-25(5,22)23/h8-10,13,17H,6-7,11H2,1-5H3/b9-8-/t13-,17+,19+/m0/s1. The molecule has 0 radical (unpaired) electrons. The maximum absolute atomic E-state index is 12.3. The number of hydrogen-bond acceptors (Lipinski definition) is 5. The summed E-state index contributed by atoms with van der Waals surface area (Å²) in [5.41, 5.74) is 2.74. The van der Waals surface area contributed by atoms with E-state index in [0.29, 0.717) is 19.3 Å². The number of carbonyl (C=O) groups is 2. The van der Waals surface area contributed by atoms with Crippen LogP contribution in [-0.4, -0.2) is 32.5 Å². The van der Waals surface area contributed by atoms with E-state index in [9.17, 15) is 18.0 Å². The Hall–Kier alpha value is -1.69. The van der Waals surface area contributed by atoms with Gasteiger partial charge in [0, 0.05) is 23.7 Å². The Kier molecular flexibility index (Phi) is 5.42. The molecular formula is C19H26O5S. The fourth-order valence-corrected chi connectivity index (χ4v) is 4.06. The topological polar surface area (TPSA) is 77.5 Å². The minimum Gasteiger partial charge on any atom is -0.459 e. The Morgan fingerprint density at radius 2 is 2.00 bits per heavy atom. The lowest BCUT2D eigenvalue weighted by Crippen LogP contribution is -2.44. The summed E-state index contributed by atoms with van der Waals surface area (Å²) in [4.78, 5) is 24.2. The van der Waals surface area contributed by atoms with Gasteiger partial charge >= 0.3 is 5.97 Å². The third-order valence-corrected chi connectivity index (χ3v) is 6.09. The van der Waals surface area contributed by atoms with E-state index in [1.54, 1.807) is 6.08 Å². The van der Waals surface area contributed by atoms with Crippen LogP contribution >= 0.6 is 0 Å². The van der Waals surface area contributed by atoms with Gasteiger partial charge in [-0.25, -0.2) is 13.2 Å². The van der Waals surface area contributed by atoms with Crippen molar-refractivity contribution < 1.29 is 22.7 Å². The molecular weight excluding hydrogens is 340 g/mol. The molecule has 3 atom stereocenters. The molecule has 0 aromatic carbocycles. The van der Waals surface area contributed by atoms with Gasteiger partial charge in [-0.05, 0) is 50.2 Å². The molecule has 0 saturated heterocycles. The molecule has 0 heterocycles. The Morgan fingerprint density at radius 1 is 1.36 bits per heavy atom. The Labute approximate surface area is 149 Å². The van der Waals surface area contributed by atoms with Gasteiger partial charge in [-0.3, -0.25) is 4.79 Å². The molecule has 0 N–H and O–H groups in total. The summed E-state index contributed by atoms with van der Waals surface area (Å²) >= 11 is 0. The largest absolute Gasteiger partial charge is 0.459 e. The predicted octanol–water partition coefficient (Wildman–Crippen LogP) is 3.13. The summed E-state index contributed by atoms with van der Waals surface area (Å²) in [5, 5.41) is 0.858. The molecule has 1 fully saturated rings. The Balaban J connectivity index is 2.22. The number of sulfone groups is 1. The van der Waals surface area contributed by atoms with Crippen LogP contribution in [0, 0.1) is 11.3 Å². The number of ketones is 1. The molecule has 0 aromatic heterocycles. The van der Waals surface area contributed by atoms with Gasteiger partial charge in [-0.2, -0.15) is 0 Å². The van der Waals surface area contributed by atoms with Crippen molar-refractivity contribution in [2.45, 2.75) is 53.1 Å². The maximum Gasteiger partial charge on any atom is 0.331 e. The summed E-state index contributed by atoms with van der Waals surface area (Å²) in [6.07, 6.45) is 5.43. The van der Waals surface area contributed by atoms with Crippen molar-refractivity contribution in [2.24, 2.45) is 11.3 Å². The summed E-state index contributed by atoms with van der Waals surface area (Å²) in [5.74, 6) is -0.524. The Bertz CT molecular complexity index is 781. The number of allylic oxidation sites excluding steroid dienone is 4. The van der Waals surface area contributed by atoms with E-state index in [1.165, 1.54) is 0 Å². The van der Waals surface area contributed by atoms with Gasteiger partial charge in [-0.15, -0.1) is 0 Å². The van der Waals surface area contributed by atoms with Crippen LogP contribution in [0.2, 0.25) is 0 Å². The summed E-state index contributed by atoms with van der Waals surface area (Å²) < 4.78 is 27.8. The van der Waals surface area contributed by atoms with Crippen LogP contribution in [0.4, 0.5) is 0 Å². The minimum atomic E-state index is -3.36. The fourth-order valence-electron chi connectivity index (χ4n) is 3.70. The molecule has 1 saturated carbocycles. The first kappa shape index (κ1) is 19.6. The van der Waals surface area contributed by atoms with E-state index in [1.807, 2.05) is 20.8 Å². The maximum atomic E-state index is 12.3. The summed E-state index contributed by atoms with van der Waals surface area (Å²) in [7, 11) is -3.36. The van der Waals surface area contributed by atoms with E-state index >= 15 is 0 Å². The molecule has 5 nitrogen and oxygen atoms in total. The molecule has 0 amide bonds. The number of hydrogen-bond donors (Lipinski definition) is 0. The first-order valence-electron chi connectivity index (χ1n) is 8.44. The van der Waals surface area contributed by atoms with Gasteiger partial charge in [0.1, 0.15) is 6.10 Å². The highest BCUT2D eigenvalue weighted by atomic mass is 32.2. The second-order valence-electron chi connectivity index (χ2n) is 7.54. The summed E-state index contributed by atoms with van der Waals surface area (Å²) in [6.45, 7) is 8.03. The molecule has 0 bridgehead atoms. The van der Waals surface area contributed by atoms with Crippen LogP contribution in [0.1, 0.15) is 47.0 Å². The highest BCUT2D eigenvalue weighted by molar-refractivity contribution is 7.93. The first-order valence-corrected chi connectivity index (χ1v) is 10.4. The van der Waals surface area contributed by atoms with Crippen molar-refractivity contribution in [2.75, 3.05) is 6.26 Å². The van der Waals surface area contributed by atoms with E-state index in [2.05, 4.69) is 6.92 Å². The summed E-state index contributed by atoms with van der Waals surface area (Å²) in [6, 6.07) is 0. The molecule has 0 aliphatic heterocycles. The zero-order valence-corrected chi connectivity index (χ0v) is 16.3. The molecule has 2 aliphatic rings. The number of esters is 1. The van der Waals surface area contributed by atoms with E-state index in [-0.39, 0.29) is 23.2 Å². The molecule has 2 rings (SSSR count). The smallest absolute Gasteiger partial charge is 0.331 e. The molecule has 0 spiro atoms. The van der Waals surface area contributed by atoms with Crippen molar-refractivity contribution in [3.63, 3.8) is 0 Å². The lowest BCUT2D eigenvalue weighted by Gasteiger charge is -2.48. The van der Waals surface area contributed by atoms with Crippen molar-refractivity contribution in [3.05, 3.63) is 34.3 Å². The number of rotatable bonds is 3. The van der Waals surface area contributed by atoms with Gasteiger partial charge in [-0.1, -0.05) is 25.0 Å². The number of carbonyl (C=O) groups excluding carboxylic acids is 2. The van der Waals surface area contributed by atoms with Crippen LogP contribution < -0.4 is 0 Å². The highest BCUT2D eigenvalue weighted by Crippen LogP contribution is 2.52. The number of fused-ring (bicyclic) bond motifs is 1.